The van der Waals surface area contributed by atoms with Gasteiger partial charge in [-0.15, -0.1) is 0 Å². The molecule has 2 heterocycles. The zero-order valence-electron chi connectivity index (χ0n) is 12.1. The fourth-order valence-electron chi connectivity index (χ4n) is 1.73. The zero-order valence-corrected chi connectivity index (χ0v) is 12.1. The Labute approximate surface area is 119 Å². The molecule has 0 aliphatic heterocycles. The third kappa shape index (κ3) is 3.74. The molecule has 0 saturated heterocycles. The number of rotatable bonds is 6. The topological polar surface area (TPSA) is 59.9 Å². The molecule has 5 nitrogen and oxygen atoms in total. The van der Waals surface area contributed by atoms with E-state index in [-0.39, 0.29) is 0 Å². The Morgan fingerprint density at radius 1 is 1.10 bits per heavy atom. The maximum atomic E-state index is 4.96. The van der Waals surface area contributed by atoms with Crippen LogP contribution in [-0.4, -0.2) is 35.2 Å². The molecule has 2 aromatic heterocycles. The zero-order chi connectivity index (χ0) is 14.4. The van der Waals surface area contributed by atoms with Gasteiger partial charge in [-0.05, 0) is 17.5 Å². The Bertz CT molecular complexity index is 523. The number of nitrogens with one attached hydrogen (secondary N) is 1. The van der Waals surface area contributed by atoms with E-state index < -0.39 is 0 Å². The molecule has 0 aliphatic carbocycles. The summed E-state index contributed by atoms with van der Waals surface area (Å²) in [4.78, 5) is 13.0. The van der Waals surface area contributed by atoms with Crippen molar-refractivity contribution in [2.24, 2.45) is 0 Å². The molecule has 0 amide bonds. The molecule has 0 bridgehead atoms. The van der Waals surface area contributed by atoms with Gasteiger partial charge in [-0.2, -0.15) is 0 Å². The van der Waals surface area contributed by atoms with Crippen LogP contribution in [0.4, 0.5) is 5.95 Å². The van der Waals surface area contributed by atoms with Gasteiger partial charge in [0.2, 0.25) is 5.95 Å². The van der Waals surface area contributed by atoms with Gasteiger partial charge in [0.15, 0.2) is 0 Å². The highest BCUT2D eigenvalue weighted by molar-refractivity contribution is 5.57. The minimum Gasteiger partial charge on any atom is -0.383 e. The van der Waals surface area contributed by atoms with Crippen molar-refractivity contribution >= 4 is 5.95 Å². The van der Waals surface area contributed by atoms with Crippen molar-refractivity contribution in [1.29, 1.82) is 0 Å². The maximum absolute atomic E-state index is 4.96. The molecular weight excluding hydrogens is 252 g/mol. The van der Waals surface area contributed by atoms with Gasteiger partial charge < -0.3 is 10.1 Å². The number of hydrogen-bond acceptors (Lipinski definition) is 5. The number of methoxy groups -OCH3 is 1. The molecule has 0 spiro atoms. The van der Waals surface area contributed by atoms with Gasteiger partial charge in [-0.3, -0.25) is 4.98 Å². The normalized spacial score (nSPS) is 10.8. The molecule has 0 atom stereocenters. The first kappa shape index (κ1) is 14.4. The molecular formula is C15H20N4O. The Morgan fingerprint density at radius 3 is 2.40 bits per heavy atom. The predicted molar refractivity (Wildman–Crippen MR) is 79.7 cm³/mol. The monoisotopic (exact) mass is 272 g/mol. The molecule has 0 aliphatic rings. The molecule has 1 N–H and O–H groups in total. The van der Waals surface area contributed by atoms with Crippen LogP contribution >= 0.6 is 0 Å². The molecule has 0 fully saturated rings. The first-order valence-electron chi connectivity index (χ1n) is 6.72. The van der Waals surface area contributed by atoms with E-state index in [9.17, 15) is 0 Å². The van der Waals surface area contributed by atoms with Gasteiger partial charge in [0.25, 0.3) is 0 Å². The lowest BCUT2D eigenvalue weighted by molar-refractivity contribution is 0.210. The summed E-state index contributed by atoms with van der Waals surface area (Å²) in [5.74, 6) is 1.09. The number of anilines is 1. The van der Waals surface area contributed by atoms with E-state index in [4.69, 9.17) is 4.74 Å². The van der Waals surface area contributed by atoms with E-state index in [0.717, 1.165) is 11.3 Å². The first-order valence-corrected chi connectivity index (χ1v) is 6.72. The van der Waals surface area contributed by atoms with Crippen LogP contribution in [0.5, 0.6) is 0 Å². The number of hydrogen-bond donors (Lipinski definition) is 1. The van der Waals surface area contributed by atoms with Gasteiger partial charge in [-0.1, -0.05) is 19.9 Å². The van der Waals surface area contributed by atoms with Crippen LogP contribution in [0.15, 0.2) is 30.7 Å². The van der Waals surface area contributed by atoms with Crippen molar-refractivity contribution in [3.63, 3.8) is 0 Å². The highest BCUT2D eigenvalue weighted by Crippen LogP contribution is 2.19. The average Bonchev–Trinajstić information content (AvgIpc) is 2.48. The lowest BCUT2D eigenvalue weighted by Gasteiger charge is -2.07. The number of nitrogens with zero attached hydrogens (tertiary/aromatic N) is 3. The van der Waals surface area contributed by atoms with E-state index in [1.165, 1.54) is 5.56 Å². The molecule has 5 heteroatoms. The first-order chi connectivity index (χ1) is 9.70. The third-order valence-electron chi connectivity index (χ3n) is 2.99. The van der Waals surface area contributed by atoms with Crippen LogP contribution in [0, 0.1) is 0 Å². The highest BCUT2D eigenvalue weighted by atomic mass is 16.5. The lowest BCUT2D eigenvalue weighted by atomic mass is 10.1. The molecule has 0 aromatic carbocycles. The van der Waals surface area contributed by atoms with Crippen molar-refractivity contribution in [2.75, 3.05) is 25.6 Å². The van der Waals surface area contributed by atoms with Gasteiger partial charge in [-0.25, -0.2) is 9.97 Å². The molecule has 2 aromatic rings. The average molecular weight is 272 g/mol. The van der Waals surface area contributed by atoms with E-state index in [2.05, 4.69) is 40.2 Å². The Hall–Kier alpha value is -2.01. The predicted octanol–water partition coefficient (Wildman–Crippen LogP) is 2.72. The molecule has 20 heavy (non-hydrogen) atoms. The highest BCUT2D eigenvalue weighted by Gasteiger charge is 2.04. The van der Waals surface area contributed by atoms with Gasteiger partial charge in [0, 0.05) is 37.8 Å². The van der Waals surface area contributed by atoms with Crippen LogP contribution in [0.3, 0.4) is 0 Å². The van der Waals surface area contributed by atoms with Crippen LogP contribution in [0.1, 0.15) is 25.3 Å². The molecule has 2 rings (SSSR count). The maximum Gasteiger partial charge on any atom is 0.222 e. The largest absolute Gasteiger partial charge is 0.383 e. The second-order valence-electron chi connectivity index (χ2n) is 4.85. The van der Waals surface area contributed by atoms with E-state index in [1.54, 1.807) is 19.5 Å². The molecule has 0 saturated carbocycles. The summed E-state index contributed by atoms with van der Waals surface area (Å²) in [6, 6.07) is 4.10. The third-order valence-corrected chi connectivity index (χ3v) is 2.99. The lowest BCUT2D eigenvalue weighted by Crippen LogP contribution is -2.09. The standard InChI is InChI=1S/C15H20N4O/c1-11(2)12-4-5-14(17-8-12)13-9-18-15(19-10-13)16-6-7-20-3/h4-5,8-11H,6-7H2,1-3H3,(H,16,18,19). The second kappa shape index (κ2) is 6.96. The summed E-state index contributed by atoms with van der Waals surface area (Å²) in [6.45, 7) is 5.63. The van der Waals surface area contributed by atoms with Crippen molar-refractivity contribution < 1.29 is 4.74 Å². The van der Waals surface area contributed by atoms with Crippen molar-refractivity contribution in [1.82, 2.24) is 15.0 Å². The van der Waals surface area contributed by atoms with Gasteiger partial charge in [0.05, 0.1) is 12.3 Å². The fourth-order valence-corrected chi connectivity index (χ4v) is 1.73. The number of ether oxygens (including phenoxy) is 1. The summed E-state index contributed by atoms with van der Waals surface area (Å²) < 4.78 is 4.96. The Morgan fingerprint density at radius 2 is 1.85 bits per heavy atom. The minimum atomic E-state index is 0.486. The smallest absolute Gasteiger partial charge is 0.222 e. The minimum absolute atomic E-state index is 0.486. The summed E-state index contributed by atoms with van der Waals surface area (Å²) in [7, 11) is 1.66. The van der Waals surface area contributed by atoms with Crippen molar-refractivity contribution in [3.05, 3.63) is 36.3 Å². The van der Waals surface area contributed by atoms with Crippen LogP contribution in [0.25, 0.3) is 11.3 Å². The van der Waals surface area contributed by atoms with Crippen LogP contribution in [0.2, 0.25) is 0 Å². The molecule has 0 unspecified atom stereocenters. The van der Waals surface area contributed by atoms with Gasteiger partial charge in [0.1, 0.15) is 0 Å². The van der Waals surface area contributed by atoms with E-state index >= 15 is 0 Å². The quantitative estimate of drug-likeness (QED) is 0.819. The van der Waals surface area contributed by atoms with E-state index in [0.29, 0.717) is 25.0 Å². The SMILES string of the molecule is COCCNc1ncc(-c2ccc(C(C)C)cn2)cn1. The molecule has 106 valence electrons. The Kier molecular flexibility index (Phi) is 5.01. The van der Waals surface area contributed by atoms with E-state index in [1.807, 2.05) is 12.3 Å². The molecule has 0 radical (unpaired) electrons. The number of pyridine rings is 1. The summed E-state index contributed by atoms with van der Waals surface area (Å²) in [6.07, 6.45) is 5.46. The van der Waals surface area contributed by atoms with Crippen molar-refractivity contribution in [2.45, 2.75) is 19.8 Å². The number of aromatic nitrogens is 3. The van der Waals surface area contributed by atoms with Crippen LogP contribution < -0.4 is 5.32 Å². The summed E-state index contributed by atoms with van der Waals surface area (Å²) >= 11 is 0. The summed E-state index contributed by atoms with van der Waals surface area (Å²) in [5, 5.41) is 3.08. The Balaban J connectivity index is 2.05. The van der Waals surface area contributed by atoms with Gasteiger partial charge >= 0.3 is 0 Å². The summed E-state index contributed by atoms with van der Waals surface area (Å²) in [5.41, 5.74) is 3.03. The van der Waals surface area contributed by atoms with Crippen molar-refractivity contribution in [3.8, 4) is 11.3 Å². The fraction of sp³-hybridized carbons (Fsp3) is 0.400. The second-order valence-corrected chi connectivity index (χ2v) is 4.85. The van der Waals surface area contributed by atoms with Crippen LogP contribution in [-0.2, 0) is 4.74 Å².